The Morgan fingerprint density at radius 2 is 0.867 bits per heavy atom. The molecule has 0 heterocycles. The fourth-order valence-electron chi connectivity index (χ4n) is 0. The van der Waals surface area contributed by atoms with Gasteiger partial charge in [-0.05, 0) is 0 Å². The molecule has 0 aromatic heterocycles. The number of hydrogen-bond acceptors (Lipinski definition) is 4. The number of alkyl halides is 3. The van der Waals surface area contributed by atoms with Crippen LogP contribution in [-0.4, -0.2) is 36.0 Å². The third-order valence-corrected chi connectivity index (χ3v) is 0.877. The Morgan fingerprint density at radius 3 is 0.867 bits per heavy atom. The minimum absolute atomic E-state index is 0. The van der Waals surface area contributed by atoms with E-state index in [0.717, 1.165) is 0 Å². The zero-order valence-electron chi connectivity index (χ0n) is 6.84. The third kappa shape index (κ3) is 25.3. The molecular formula is CH3F3O7S2Zn2. The summed E-state index contributed by atoms with van der Waals surface area (Å²) in [5.74, 6) is 0. The zero-order valence-corrected chi connectivity index (χ0v) is 14.4. The summed E-state index contributed by atoms with van der Waals surface area (Å²) in [4.78, 5) is 0. The Morgan fingerprint density at radius 1 is 0.800 bits per heavy atom. The van der Waals surface area contributed by atoms with Crippen LogP contribution in [0.15, 0.2) is 0 Å². The van der Waals surface area contributed by atoms with Gasteiger partial charge in [-0.15, -0.1) is 0 Å². The molecule has 7 nitrogen and oxygen atoms in total. The van der Waals surface area contributed by atoms with E-state index in [1.165, 1.54) is 0 Å². The van der Waals surface area contributed by atoms with Gasteiger partial charge in [0.05, 0.1) is 0 Å². The van der Waals surface area contributed by atoms with E-state index in [9.17, 15) is 13.2 Å². The van der Waals surface area contributed by atoms with Gasteiger partial charge in [-0.3, -0.25) is 13.7 Å². The Balaban J connectivity index is -0.0000000770. The zero-order chi connectivity index (χ0) is 11.5. The van der Waals surface area contributed by atoms with Crippen LogP contribution in [0.4, 0.5) is 13.2 Å². The van der Waals surface area contributed by atoms with E-state index in [-0.39, 0.29) is 39.0 Å². The Labute approximate surface area is 108 Å². The Kier molecular flexibility index (Phi) is 13.2. The molecule has 0 aliphatic rings. The summed E-state index contributed by atoms with van der Waals surface area (Å²) in [6.07, 6.45) is 0. The van der Waals surface area contributed by atoms with Gasteiger partial charge in [0.25, 0.3) is 0 Å². The van der Waals surface area contributed by atoms with Crippen molar-refractivity contribution in [1.82, 2.24) is 0 Å². The molecule has 0 unspecified atom stereocenters. The molecule has 0 aliphatic heterocycles. The molecule has 3 N–H and O–H groups in total. The number of hydrogen-bond donors (Lipinski definition) is 3. The van der Waals surface area contributed by atoms with Crippen molar-refractivity contribution in [3.63, 3.8) is 0 Å². The summed E-state index contributed by atoms with van der Waals surface area (Å²) >= 11 is 0. The van der Waals surface area contributed by atoms with Gasteiger partial charge in [0.15, 0.2) is 0 Å². The van der Waals surface area contributed by atoms with Gasteiger partial charge in [0.1, 0.15) is 0 Å². The summed E-state index contributed by atoms with van der Waals surface area (Å²) < 4.78 is 89.1. The number of rotatable bonds is 0. The molecule has 0 aromatic rings. The van der Waals surface area contributed by atoms with Gasteiger partial charge >= 0.3 is 26.0 Å². The molecular weight excluding hydrogens is 376 g/mol. The minimum atomic E-state index is -5.84. The molecule has 0 fully saturated rings. The van der Waals surface area contributed by atoms with Gasteiger partial charge in [-0.1, -0.05) is 0 Å². The van der Waals surface area contributed by atoms with E-state index in [0.29, 0.717) is 0 Å². The SMILES string of the molecule is O=S(=O)(O)C(F)(F)F.O=S(=O)(O)O.[Zn].[Zn]. The normalized spacial score (nSPS) is 11.3. The average Bonchev–Trinajstić information content (AvgIpc) is 1.50. The topological polar surface area (TPSA) is 129 Å². The summed E-state index contributed by atoms with van der Waals surface area (Å²) in [5, 5.41) is 0. The second kappa shape index (κ2) is 7.99. The van der Waals surface area contributed by atoms with Gasteiger partial charge in [0.2, 0.25) is 0 Å². The third-order valence-electron chi connectivity index (χ3n) is 0.292. The van der Waals surface area contributed by atoms with E-state index in [2.05, 4.69) is 0 Å². The Hall–Kier alpha value is 0.817. The quantitative estimate of drug-likeness (QED) is 0.300. The molecule has 86 valence electrons. The first-order chi connectivity index (χ1) is 5.25. The summed E-state index contributed by atoms with van der Waals surface area (Å²) in [6, 6.07) is 0. The minimum Gasteiger partial charge on any atom is -0.279 e. The molecule has 0 radical (unpaired) electrons. The van der Waals surface area contributed by atoms with Crippen molar-refractivity contribution >= 4 is 20.5 Å². The second-order valence-electron chi connectivity index (χ2n) is 1.37. The molecule has 0 rings (SSSR count). The monoisotopic (exact) mass is 376 g/mol. The van der Waals surface area contributed by atoms with Gasteiger partial charge < -0.3 is 0 Å². The molecule has 0 bridgehead atoms. The van der Waals surface area contributed by atoms with Gasteiger partial charge in [0, 0.05) is 39.0 Å². The molecule has 0 saturated carbocycles. The van der Waals surface area contributed by atoms with Crippen LogP contribution in [0.5, 0.6) is 0 Å². The van der Waals surface area contributed by atoms with Crippen molar-refractivity contribution in [3.8, 4) is 0 Å². The van der Waals surface area contributed by atoms with Crippen molar-refractivity contribution in [1.29, 1.82) is 0 Å². The van der Waals surface area contributed by atoms with Gasteiger partial charge in [-0.2, -0.15) is 30.0 Å². The van der Waals surface area contributed by atoms with Crippen molar-refractivity contribution < 1.29 is 82.6 Å². The maximum atomic E-state index is 10.7. The maximum absolute atomic E-state index is 10.7. The Bertz CT molecular complexity index is 333. The first-order valence-electron chi connectivity index (χ1n) is 1.99. The molecule has 14 heteroatoms. The first kappa shape index (κ1) is 24.9. The van der Waals surface area contributed by atoms with Crippen molar-refractivity contribution in [2.75, 3.05) is 0 Å². The van der Waals surface area contributed by atoms with E-state index >= 15 is 0 Å². The standard InChI is InChI=1S/CHF3O3S.H2O4S.2Zn/c2-1(3,4)8(5,6)7;1-5(2,3)4;;/h(H,5,6,7);(H2,1,2,3,4);;. The fraction of sp³-hybridized carbons (Fsp3) is 1.00. The predicted molar refractivity (Wildman–Crippen MR) is 31.8 cm³/mol. The second-order valence-corrected chi connectivity index (χ2v) is 3.68. The summed E-state index contributed by atoms with van der Waals surface area (Å²) in [7, 11) is -10.5. The van der Waals surface area contributed by atoms with Crippen LogP contribution in [-0.2, 0) is 59.5 Å². The molecule has 0 saturated heterocycles. The van der Waals surface area contributed by atoms with Crippen LogP contribution in [0.1, 0.15) is 0 Å². The summed E-state index contributed by atoms with van der Waals surface area (Å²) in [5.41, 5.74) is -5.53. The number of halogens is 3. The maximum Gasteiger partial charge on any atom is 0.522 e. The molecule has 15 heavy (non-hydrogen) atoms. The van der Waals surface area contributed by atoms with Crippen LogP contribution in [0, 0.1) is 0 Å². The van der Waals surface area contributed by atoms with Crippen LogP contribution >= 0.6 is 0 Å². The molecule has 0 aromatic carbocycles. The summed E-state index contributed by atoms with van der Waals surface area (Å²) in [6.45, 7) is 0. The smallest absolute Gasteiger partial charge is 0.279 e. The van der Waals surface area contributed by atoms with Crippen LogP contribution in [0.3, 0.4) is 0 Å². The fourth-order valence-corrected chi connectivity index (χ4v) is 0. The van der Waals surface area contributed by atoms with Crippen LogP contribution < -0.4 is 0 Å². The van der Waals surface area contributed by atoms with Crippen molar-refractivity contribution in [3.05, 3.63) is 0 Å². The van der Waals surface area contributed by atoms with Crippen molar-refractivity contribution in [2.45, 2.75) is 5.51 Å². The van der Waals surface area contributed by atoms with E-state index < -0.39 is 26.0 Å². The predicted octanol–water partition coefficient (Wildman–Crippen LogP) is -0.264. The van der Waals surface area contributed by atoms with E-state index in [1.54, 1.807) is 0 Å². The molecule has 0 atom stereocenters. The van der Waals surface area contributed by atoms with Gasteiger partial charge in [-0.25, -0.2) is 0 Å². The van der Waals surface area contributed by atoms with Crippen LogP contribution in [0.2, 0.25) is 0 Å². The van der Waals surface area contributed by atoms with Crippen LogP contribution in [0.25, 0.3) is 0 Å². The van der Waals surface area contributed by atoms with E-state index in [1.807, 2.05) is 0 Å². The first-order valence-corrected chi connectivity index (χ1v) is 4.82. The molecule has 0 amide bonds. The average molecular weight is 379 g/mol. The van der Waals surface area contributed by atoms with E-state index in [4.69, 9.17) is 30.5 Å². The molecule has 0 spiro atoms. The molecule has 0 aliphatic carbocycles. The largest absolute Gasteiger partial charge is 0.522 e. The van der Waals surface area contributed by atoms with Crippen molar-refractivity contribution in [2.24, 2.45) is 0 Å².